The zero-order valence-electron chi connectivity index (χ0n) is 22.5. The van der Waals surface area contributed by atoms with Crippen LogP contribution in [0.4, 0.5) is 0 Å². The number of hydrogen-bond donors (Lipinski definition) is 2. The Morgan fingerprint density at radius 1 is 1.20 bits per heavy atom. The molecule has 0 saturated heterocycles. The molecular weight excluding hydrogens is 550 g/mol. The highest BCUT2D eigenvalue weighted by molar-refractivity contribution is 9.10. The van der Waals surface area contributed by atoms with E-state index in [0.717, 1.165) is 6.42 Å². The average molecular weight is 591 g/mol. The number of carbonyl (C=O) groups excluding carboxylic acids is 1. The first-order chi connectivity index (χ1) is 16.0. The van der Waals surface area contributed by atoms with Crippen molar-refractivity contribution in [2.24, 2.45) is 10.4 Å². The fourth-order valence-electron chi connectivity index (χ4n) is 3.26. The van der Waals surface area contributed by atoms with Crippen LogP contribution >= 0.6 is 27.5 Å². The van der Waals surface area contributed by atoms with Gasteiger partial charge < -0.3 is 19.4 Å². The van der Waals surface area contributed by atoms with Crippen LogP contribution in [0.25, 0.3) is 5.76 Å². The van der Waals surface area contributed by atoms with E-state index < -0.39 is 14.3 Å². The standard InChI is InChI=1S/C26H41BrClNO5Si/c1-10-33-20-15-17(27)14-18(22(20)28)23(30)19(24(31)34-11-2)16-29-21(25(3,4)5)12-13-26(6,7)35(8,9)32/h14-16,21,30,32H,10-13H2,1-9H3/t21-/m1/s1. The molecule has 0 saturated carbocycles. The summed E-state index contributed by atoms with van der Waals surface area (Å²) >= 11 is 9.91. The second kappa shape index (κ2) is 12.7. The predicted octanol–water partition coefficient (Wildman–Crippen LogP) is 7.58. The SMILES string of the molecule is CCOC(=O)C(C=N[C@H](CCC(C)(C)[Si](C)(C)O)C(C)(C)C)=C(O)c1cc(Br)cc(OCC)c1Cl. The Hall–Kier alpha value is -1.35. The summed E-state index contributed by atoms with van der Waals surface area (Å²) in [6.07, 6.45) is 2.88. The van der Waals surface area contributed by atoms with Crippen molar-refractivity contribution in [3.05, 3.63) is 32.8 Å². The van der Waals surface area contributed by atoms with Crippen LogP contribution in [-0.2, 0) is 9.53 Å². The summed E-state index contributed by atoms with van der Waals surface area (Å²) in [5.41, 5.74) is -0.0567. The first-order valence-corrected chi connectivity index (χ1v) is 16.1. The Balaban J connectivity index is 3.53. The van der Waals surface area contributed by atoms with Crippen LogP contribution in [0.2, 0.25) is 23.2 Å². The van der Waals surface area contributed by atoms with Gasteiger partial charge in [-0.25, -0.2) is 4.79 Å². The zero-order chi connectivity index (χ0) is 27.2. The van der Waals surface area contributed by atoms with E-state index in [9.17, 15) is 14.7 Å². The topological polar surface area (TPSA) is 88.4 Å². The van der Waals surface area contributed by atoms with Gasteiger partial charge in [-0.1, -0.05) is 62.1 Å². The van der Waals surface area contributed by atoms with Gasteiger partial charge in [0.2, 0.25) is 0 Å². The number of aliphatic imine (C=N–C) groups is 1. The Kier molecular flexibility index (Phi) is 11.5. The molecule has 0 amide bonds. The van der Waals surface area contributed by atoms with E-state index in [1.165, 1.54) is 6.21 Å². The third-order valence-corrected chi connectivity index (χ3v) is 10.8. The summed E-state index contributed by atoms with van der Waals surface area (Å²) in [6.45, 7) is 18.4. The average Bonchev–Trinajstić information content (AvgIpc) is 2.71. The molecule has 35 heavy (non-hydrogen) atoms. The van der Waals surface area contributed by atoms with Gasteiger partial charge in [0.15, 0.2) is 8.32 Å². The van der Waals surface area contributed by atoms with Gasteiger partial charge in [0.1, 0.15) is 17.1 Å². The smallest absolute Gasteiger partial charge is 0.343 e. The third kappa shape index (κ3) is 8.92. The lowest BCUT2D eigenvalue weighted by Gasteiger charge is -2.37. The lowest BCUT2D eigenvalue weighted by Crippen LogP contribution is -2.40. The summed E-state index contributed by atoms with van der Waals surface area (Å²) in [7, 11) is -2.38. The number of benzene rings is 1. The monoisotopic (exact) mass is 589 g/mol. The minimum Gasteiger partial charge on any atom is -0.506 e. The van der Waals surface area contributed by atoms with Crippen molar-refractivity contribution >= 4 is 53.8 Å². The molecule has 198 valence electrons. The number of halogens is 2. The van der Waals surface area contributed by atoms with Crippen molar-refractivity contribution in [2.45, 2.75) is 85.5 Å². The number of aliphatic hydroxyl groups excluding tert-OH is 1. The van der Waals surface area contributed by atoms with Crippen molar-refractivity contribution in [3.8, 4) is 5.75 Å². The molecule has 6 nitrogen and oxygen atoms in total. The molecule has 9 heteroatoms. The molecule has 1 atom stereocenters. The van der Waals surface area contributed by atoms with E-state index in [1.54, 1.807) is 19.1 Å². The van der Waals surface area contributed by atoms with Crippen LogP contribution in [0.3, 0.4) is 0 Å². The van der Waals surface area contributed by atoms with Gasteiger partial charge in [-0.2, -0.15) is 0 Å². The maximum atomic E-state index is 12.8. The molecule has 0 aliphatic carbocycles. The van der Waals surface area contributed by atoms with Crippen LogP contribution in [-0.4, -0.2) is 49.7 Å². The zero-order valence-corrected chi connectivity index (χ0v) is 25.8. The predicted molar refractivity (Wildman–Crippen MR) is 151 cm³/mol. The van der Waals surface area contributed by atoms with E-state index >= 15 is 0 Å². The minimum atomic E-state index is -2.38. The first-order valence-electron chi connectivity index (χ1n) is 11.9. The molecule has 0 aliphatic rings. The molecule has 0 aliphatic heterocycles. The van der Waals surface area contributed by atoms with Gasteiger partial charge in [0.05, 0.1) is 24.3 Å². The quantitative estimate of drug-likeness (QED) is 0.0912. The van der Waals surface area contributed by atoms with Gasteiger partial charge >= 0.3 is 5.97 Å². The van der Waals surface area contributed by atoms with Crippen molar-refractivity contribution in [1.82, 2.24) is 0 Å². The molecule has 0 unspecified atom stereocenters. The van der Waals surface area contributed by atoms with E-state index in [4.69, 9.17) is 26.1 Å². The van der Waals surface area contributed by atoms with E-state index in [0.29, 0.717) is 23.2 Å². The van der Waals surface area contributed by atoms with Crippen LogP contribution < -0.4 is 4.74 Å². The van der Waals surface area contributed by atoms with Gasteiger partial charge in [0, 0.05) is 16.3 Å². The Morgan fingerprint density at radius 2 is 1.80 bits per heavy atom. The van der Waals surface area contributed by atoms with Crippen molar-refractivity contribution < 1.29 is 24.2 Å². The number of esters is 1. The fourth-order valence-corrected chi connectivity index (χ4v) is 4.71. The van der Waals surface area contributed by atoms with E-state index in [1.807, 2.05) is 20.0 Å². The highest BCUT2D eigenvalue weighted by atomic mass is 79.9. The van der Waals surface area contributed by atoms with Gasteiger partial charge in [0.25, 0.3) is 0 Å². The summed E-state index contributed by atoms with van der Waals surface area (Å²) in [5, 5.41) is 11.1. The van der Waals surface area contributed by atoms with E-state index in [2.05, 4.69) is 50.5 Å². The first kappa shape index (κ1) is 31.7. The number of aliphatic hydroxyl groups is 1. The molecular formula is C26H41BrClNO5Si. The van der Waals surface area contributed by atoms with Crippen LogP contribution in [0, 0.1) is 5.41 Å². The van der Waals surface area contributed by atoms with Crippen molar-refractivity contribution in [1.29, 1.82) is 0 Å². The number of hydrogen-bond acceptors (Lipinski definition) is 6. The molecule has 0 radical (unpaired) electrons. The Bertz CT molecular complexity index is 948. The number of rotatable bonds is 11. The Morgan fingerprint density at radius 3 is 2.29 bits per heavy atom. The molecule has 0 fully saturated rings. The second-order valence-electron chi connectivity index (χ2n) is 10.8. The lowest BCUT2D eigenvalue weighted by atomic mass is 9.83. The summed E-state index contributed by atoms with van der Waals surface area (Å²) in [4.78, 5) is 28.3. The van der Waals surface area contributed by atoms with Crippen molar-refractivity contribution in [3.63, 3.8) is 0 Å². The van der Waals surface area contributed by atoms with E-state index in [-0.39, 0.29) is 45.0 Å². The van der Waals surface area contributed by atoms with Crippen LogP contribution in [0.5, 0.6) is 5.75 Å². The summed E-state index contributed by atoms with van der Waals surface area (Å²) in [5.74, 6) is -0.646. The molecule has 0 spiro atoms. The highest BCUT2D eigenvalue weighted by Crippen LogP contribution is 2.42. The normalized spacial score (nSPS) is 14.6. The lowest BCUT2D eigenvalue weighted by molar-refractivity contribution is -0.137. The molecule has 0 heterocycles. The van der Waals surface area contributed by atoms with Crippen LogP contribution in [0.1, 0.15) is 66.9 Å². The molecule has 0 aromatic heterocycles. The van der Waals surface area contributed by atoms with Gasteiger partial charge in [-0.3, -0.25) is 4.99 Å². The maximum absolute atomic E-state index is 12.8. The summed E-state index contributed by atoms with van der Waals surface area (Å²) in [6, 6.07) is 3.15. The fraction of sp³-hybridized carbons (Fsp3) is 0.615. The highest BCUT2D eigenvalue weighted by Gasteiger charge is 2.39. The molecule has 1 aromatic rings. The minimum absolute atomic E-state index is 0.0836. The molecule has 1 rings (SSSR count). The molecule has 0 bridgehead atoms. The number of nitrogens with zero attached hydrogens (tertiary/aromatic N) is 1. The number of ether oxygens (including phenoxy) is 2. The van der Waals surface area contributed by atoms with Gasteiger partial charge in [-0.05, 0) is 62.4 Å². The molecule has 2 N–H and O–H groups in total. The van der Waals surface area contributed by atoms with Crippen LogP contribution in [0.15, 0.2) is 27.2 Å². The Labute approximate surface area is 225 Å². The maximum Gasteiger partial charge on any atom is 0.343 e. The van der Waals surface area contributed by atoms with Crippen molar-refractivity contribution in [2.75, 3.05) is 13.2 Å². The molecule has 1 aromatic carbocycles. The van der Waals surface area contributed by atoms with Gasteiger partial charge in [-0.15, -0.1) is 0 Å². The largest absolute Gasteiger partial charge is 0.506 e. The number of carbonyl (C=O) groups is 1. The second-order valence-corrected chi connectivity index (χ2v) is 16.6. The third-order valence-electron chi connectivity index (χ3n) is 6.39. The summed E-state index contributed by atoms with van der Waals surface area (Å²) < 4.78 is 11.4.